The highest BCUT2D eigenvalue weighted by molar-refractivity contribution is 7.93. The number of ether oxygens (including phenoxy) is 2. The van der Waals surface area contributed by atoms with E-state index in [2.05, 4.69) is 4.74 Å². The van der Waals surface area contributed by atoms with E-state index in [1.807, 2.05) is 0 Å². The van der Waals surface area contributed by atoms with E-state index in [9.17, 15) is 26.4 Å². The summed E-state index contributed by atoms with van der Waals surface area (Å²) in [7, 11) is -4.15. The fourth-order valence-corrected chi connectivity index (χ4v) is 5.40. The van der Waals surface area contributed by atoms with Crippen LogP contribution in [0.2, 0.25) is 0 Å². The second kappa shape index (κ2) is 9.08. The van der Waals surface area contributed by atoms with E-state index in [1.165, 1.54) is 54.0 Å². The molecule has 1 fully saturated rings. The van der Waals surface area contributed by atoms with Gasteiger partial charge >= 0.3 is 12.3 Å². The largest absolute Gasteiger partial charge is 0.453 e. The van der Waals surface area contributed by atoms with Gasteiger partial charge in [0, 0.05) is 20.1 Å². The average Bonchev–Trinajstić information content (AvgIpc) is 2.79. The molecule has 1 atom stereocenters. The topological polar surface area (TPSA) is 102 Å². The summed E-state index contributed by atoms with van der Waals surface area (Å²) in [5.41, 5.74) is 2.66. The lowest BCUT2D eigenvalue weighted by molar-refractivity contribution is -0.152. The molecule has 1 saturated heterocycles. The third kappa shape index (κ3) is 4.45. The zero-order chi connectivity index (χ0) is 23.6. The number of halogens is 3. The molecule has 0 spiro atoms. The van der Waals surface area contributed by atoms with Crippen molar-refractivity contribution in [2.75, 3.05) is 13.2 Å². The molecule has 174 valence electrons. The average molecular weight is 473 g/mol. The maximum absolute atomic E-state index is 13.7. The number of hydrogen-bond acceptors (Lipinski definition) is 6. The Bertz CT molecular complexity index is 1050. The first-order chi connectivity index (χ1) is 15.0. The van der Waals surface area contributed by atoms with Crippen LogP contribution in [0.4, 0.5) is 13.2 Å². The minimum absolute atomic E-state index is 0.0582. The lowest BCUT2D eigenvalue weighted by Crippen LogP contribution is -2.54. The van der Waals surface area contributed by atoms with E-state index in [0.29, 0.717) is 18.1 Å². The number of sulfone groups is 1. The van der Waals surface area contributed by atoms with Crippen molar-refractivity contribution in [2.45, 2.75) is 41.7 Å². The number of benzene rings is 2. The van der Waals surface area contributed by atoms with E-state index >= 15 is 0 Å². The highest BCUT2D eigenvalue weighted by Crippen LogP contribution is 2.36. The summed E-state index contributed by atoms with van der Waals surface area (Å²) < 4.78 is 73.4. The first-order valence-electron chi connectivity index (χ1n) is 9.67. The number of hydroxylamine groups is 1. The van der Waals surface area contributed by atoms with Crippen molar-refractivity contribution in [2.24, 2.45) is 0 Å². The van der Waals surface area contributed by atoms with E-state index in [-0.39, 0.29) is 36.7 Å². The van der Waals surface area contributed by atoms with E-state index in [4.69, 9.17) is 9.94 Å². The zero-order valence-corrected chi connectivity index (χ0v) is 17.9. The van der Waals surface area contributed by atoms with Crippen LogP contribution < -0.4 is 10.2 Å². The SMILES string of the molecule is CC(F)(Oc1ccc(-c2ccc(S(=O)(=O)C3(C(=O)NO)CCOCC3)cc2)cc1)C(F)F. The molecule has 0 saturated carbocycles. The summed E-state index contributed by atoms with van der Waals surface area (Å²) in [5, 5.41) is 9.10. The molecule has 2 aromatic carbocycles. The third-order valence-electron chi connectivity index (χ3n) is 5.39. The van der Waals surface area contributed by atoms with Gasteiger partial charge in [0.25, 0.3) is 5.91 Å². The Kier molecular flexibility index (Phi) is 6.82. The van der Waals surface area contributed by atoms with Crippen molar-refractivity contribution < 1.29 is 41.1 Å². The Morgan fingerprint density at radius 3 is 2.06 bits per heavy atom. The van der Waals surface area contributed by atoms with Gasteiger partial charge in [0.15, 0.2) is 14.6 Å². The Labute approximate surface area is 183 Å². The van der Waals surface area contributed by atoms with E-state index in [0.717, 1.165) is 0 Å². The van der Waals surface area contributed by atoms with Gasteiger partial charge in [0.2, 0.25) is 0 Å². The second-order valence-corrected chi connectivity index (χ2v) is 9.75. The highest BCUT2D eigenvalue weighted by atomic mass is 32.2. The second-order valence-electron chi connectivity index (χ2n) is 7.49. The van der Waals surface area contributed by atoms with Gasteiger partial charge in [-0.3, -0.25) is 10.0 Å². The number of carbonyl (C=O) groups excluding carboxylic acids is 1. The Hall–Kier alpha value is -2.63. The van der Waals surface area contributed by atoms with Gasteiger partial charge < -0.3 is 9.47 Å². The Balaban J connectivity index is 1.85. The number of rotatable bonds is 7. The van der Waals surface area contributed by atoms with Gasteiger partial charge in [-0.05, 0) is 48.2 Å². The van der Waals surface area contributed by atoms with Crippen LogP contribution in [0.3, 0.4) is 0 Å². The molecule has 0 aromatic heterocycles. The van der Waals surface area contributed by atoms with Crippen molar-refractivity contribution in [3.8, 4) is 16.9 Å². The maximum Gasteiger partial charge on any atom is 0.306 e. The summed E-state index contributed by atoms with van der Waals surface area (Å²) in [6, 6.07) is 11.4. The molecule has 0 bridgehead atoms. The normalized spacial score (nSPS) is 18.1. The molecular weight excluding hydrogens is 451 g/mol. The number of carbonyl (C=O) groups is 1. The fourth-order valence-electron chi connectivity index (χ4n) is 3.46. The Morgan fingerprint density at radius 1 is 1.09 bits per heavy atom. The van der Waals surface area contributed by atoms with Crippen LogP contribution in [-0.2, 0) is 19.4 Å². The molecule has 11 heteroatoms. The van der Waals surface area contributed by atoms with Crippen LogP contribution in [-0.4, -0.2) is 49.8 Å². The zero-order valence-electron chi connectivity index (χ0n) is 17.1. The smallest absolute Gasteiger partial charge is 0.306 e. The number of alkyl halides is 3. The molecular formula is C21H22F3NO6S. The van der Waals surface area contributed by atoms with Gasteiger partial charge in [-0.1, -0.05) is 24.3 Å². The first kappa shape index (κ1) is 24.0. The predicted molar refractivity (Wildman–Crippen MR) is 108 cm³/mol. The fraction of sp³-hybridized carbons (Fsp3) is 0.381. The molecule has 2 N–H and O–H groups in total. The number of nitrogens with one attached hydrogen (secondary N) is 1. The van der Waals surface area contributed by atoms with Gasteiger partial charge in [-0.15, -0.1) is 0 Å². The highest BCUT2D eigenvalue weighted by Gasteiger charge is 2.52. The maximum atomic E-state index is 13.7. The molecule has 1 amide bonds. The lowest BCUT2D eigenvalue weighted by Gasteiger charge is -2.34. The molecule has 3 rings (SSSR count). The minimum atomic E-state index is -4.15. The summed E-state index contributed by atoms with van der Waals surface area (Å²) in [4.78, 5) is 12.2. The number of hydrogen-bond donors (Lipinski definition) is 2. The van der Waals surface area contributed by atoms with Crippen LogP contribution in [0.15, 0.2) is 53.4 Å². The minimum Gasteiger partial charge on any atom is -0.453 e. The van der Waals surface area contributed by atoms with Crippen molar-refractivity contribution in [1.29, 1.82) is 0 Å². The molecule has 1 aliphatic rings. The van der Waals surface area contributed by atoms with E-state index < -0.39 is 32.8 Å². The monoisotopic (exact) mass is 473 g/mol. The predicted octanol–water partition coefficient (Wildman–Crippen LogP) is 3.51. The summed E-state index contributed by atoms with van der Waals surface area (Å²) in [5.74, 6) is -4.22. The standard InChI is InChI=1S/C21H22F3NO6S/c1-20(24,18(22)23)31-16-6-2-14(3-7-16)15-4-8-17(9-5-15)32(28,29)21(19(26)25-27)10-12-30-13-11-21/h2-9,18,27H,10-13H2,1H3,(H,25,26). The van der Waals surface area contributed by atoms with Gasteiger partial charge in [0.1, 0.15) is 5.75 Å². The van der Waals surface area contributed by atoms with Crippen molar-refractivity contribution in [1.82, 2.24) is 5.48 Å². The van der Waals surface area contributed by atoms with Crippen molar-refractivity contribution in [3.05, 3.63) is 48.5 Å². The van der Waals surface area contributed by atoms with Crippen molar-refractivity contribution in [3.63, 3.8) is 0 Å². The van der Waals surface area contributed by atoms with Crippen LogP contribution in [0, 0.1) is 0 Å². The molecule has 1 unspecified atom stereocenters. The molecule has 1 aliphatic heterocycles. The molecule has 0 aliphatic carbocycles. The quantitative estimate of drug-likeness (QED) is 0.471. The molecule has 2 aromatic rings. The van der Waals surface area contributed by atoms with Crippen molar-refractivity contribution >= 4 is 15.7 Å². The van der Waals surface area contributed by atoms with Gasteiger partial charge in [-0.2, -0.15) is 4.39 Å². The van der Waals surface area contributed by atoms with E-state index in [1.54, 1.807) is 0 Å². The van der Waals surface area contributed by atoms with Gasteiger partial charge in [-0.25, -0.2) is 22.7 Å². The number of amides is 1. The summed E-state index contributed by atoms with van der Waals surface area (Å²) >= 11 is 0. The summed E-state index contributed by atoms with van der Waals surface area (Å²) in [6.45, 7) is 0.748. The summed E-state index contributed by atoms with van der Waals surface area (Å²) in [6.07, 6.45) is -3.52. The van der Waals surface area contributed by atoms with Crippen LogP contribution in [0.25, 0.3) is 11.1 Å². The van der Waals surface area contributed by atoms with Crippen LogP contribution in [0.1, 0.15) is 19.8 Å². The Morgan fingerprint density at radius 2 is 1.59 bits per heavy atom. The molecule has 1 heterocycles. The molecule has 0 radical (unpaired) electrons. The molecule has 32 heavy (non-hydrogen) atoms. The van der Waals surface area contributed by atoms with Gasteiger partial charge in [0.05, 0.1) is 4.90 Å². The van der Waals surface area contributed by atoms with Crippen LogP contribution >= 0.6 is 0 Å². The first-order valence-corrected chi connectivity index (χ1v) is 11.2. The lowest BCUT2D eigenvalue weighted by atomic mass is 9.98. The third-order valence-corrected chi connectivity index (χ3v) is 7.90. The molecule has 7 nitrogen and oxygen atoms in total. The van der Waals surface area contributed by atoms with Crippen LogP contribution in [0.5, 0.6) is 5.75 Å².